The fourth-order valence-electron chi connectivity index (χ4n) is 1.86. The van der Waals surface area contributed by atoms with Crippen molar-refractivity contribution in [3.05, 3.63) is 72.0 Å². The van der Waals surface area contributed by atoms with Crippen LogP contribution in [0.15, 0.2) is 60.9 Å². The van der Waals surface area contributed by atoms with Crippen LogP contribution in [0.2, 0.25) is 0 Å². The second-order valence-corrected chi connectivity index (χ2v) is 4.55. The van der Waals surface area contributed by atoms with E-state index in [2.05, 4.69) is 0 Å². The first-order valence-electron chi connectivity index (χ1n) is 7.04. The maximum Gasteiger partial charge on any atom is 0.339 e. The number of ether oxygens (including phenoxy) is 2. The Kier molecular flexibility index (Phi) is 5.52. The van der Waals surface area contributed by atoms with E-state index < -0.39 is 5.97 Å². The Morgan fingerprint density at radius 3 is 2.52 bits per heavy atom. The molecule has 0 aliphatic carbocycles. The van der Waals surface area contributed by atoms with Crippen LogP contribution in [0.4, 0.5) is 0 Å². The predicted octanol–water partition coefficient (Wildman–Crippen LogP) is 3.08. The monoisotopic (exact) mass is 312 g/mol. The molecule has 2 rings (SSSR count). The maximum absolute atomic E-state index is 12.3. The van der Waals surface area contributed by atoms with Crippen molar-refractivity contribution in [3.63, 3.8) is 0 Å². The number of aromatic hydroxyl groups is 1. The molecular formula is C18H16O5. The van der Waals surface area contributed by atoms with Gasteiger partial charge in [-0.2, -0.15) is 0 Å². The van der Waals surface area contributed by atoms with Crippen molar-refractivity contribution in [3.8, 4) is 11.5 Å². The molecule has 0 amide bonds. The number of carbonyl (C=O) groups is 2. The Morgan fingerprint density at radius 1 is 1.13 bits per heavy atom. The number of hydrogen-bond donors (Lipinski definition) is 1. The van der Waals surface area contributed by atoms with Gasteiger partial charge in [0.2, 0.25) is 0 Å². The molecule has 0 saturated carbocycles. The molecule has 0 unspecified atom stereocenters. The number of phenolic OH excluding ortho intramolecular Hbond substituents is 1. The van der Waals surface area contributed by atoms with E-state index in [4.69, 9.17) is 9.47 Å². The van der Waals surface area contributed by atoms with Gasteiger partial charge in [-0.1, -0.05) is 30.3 Å². The van der Waals surface area contributed by atoms with Crippen molar-refractivity contribution in [1.82, 2.24) is 0 Å². The normalized spacial score (nSPS) is 10.5. The molecule has 23 heavy (non-hydrogen) atoms. The molecule has 0 fully saturated rings. The van der Waals surface area contributed by atoms with E-state index in [0.717, 1.165) is 6.08 Å². The highest BCUT2D eigenvalue weighted by molar-refractivity contribution is 6.10. The van der Waals surface area contributed by atoms with Crippen molar-refractivity contribution in [1.29, 1.82) is 0 Å². The van der Waals surface area contributed by atoms with Crippen molar-refractivity contribution < 1.29 is 24.2 Å². The minimum absolute atomic E-state index is 0.137. The largest absolute Gasteiger partial charge is 0.507 e. The fourth-order valence-corrected chi connectivity index (χ4v) is 1.86. The summed E-state index contributed by atoms with van der Waals surface area (Å²) in [4.78, 5) is 23.8. The van der Waals surface area contributed by atoms with Crippen LogP contribution in [0.3, 0.4) is 0 Å². The molecule has 0 spiro atoms. The fraction of sp³-hybridized carbons (Fsp3) is 0.111. The molecule has 2 aromatic carbocycles. The molecule has 1 N–H and O–H groups in total. The minimum Gasteiger partial charge on any atom is -0.507 e. The third-order valence-corrected chi connectivity index (χ3v) is 2.94. The molecule has 118 valence electrons. The van der Waals surface area contributed by atoms with Crippen LogP contribution in [0.5, 0.6) is 11.5 Å². The molecule has 0 heterocycles. The van der Waals surface area contributed by atoms with Gasteiger partial charge < -0.3 is 14.6 Å². The molecule has 0 radical (unpaired) electrons. The van der Waals surface area contributed by atoms with Crippen molar-refractivity contribution in [2.24, 2.45) is 0 Å². The molecule has 5 heteroatoms. The van der Waals surface area contributed by atoms with Crippen LogP contribution in [0, 0.1) is 0 Å². The Hall–Kier alpha value is -3.08. The summed E-state index contributed by atoms with van der Waals surface area (Å²) in [6.07, 6.45) is 2.36. The van der Waals surface area contributed by atoms with E-state index in [0.29, 0.717) is 12.2 Å². The number of ketones is 1. The quantitative estimate of drug-likeness (QED) is 0.292. The second-order valence-electron chi connectivity index (χ2n) is 4.55. The first kappa shape index (κ1) is 16.3. The summed E-state index contributed by atoms with van der Waals surface area (Å²) in [5.41, 5.74) is 0.605. The van der Waals surface area contributed by atoms with E-state index in [1.54, 1.807) is 37.3 Å². The van der Waals surface area contributed by atoms with Gasteiger partial charge in [0.1, 0.15) is 11.5 Å². The lowest BCUT2D eigenvalue weighted by Gasteiger charge is -2.07. The van der Waals surface area contributed by atoms with Crippen molar-refractivity contribution >= 4 is 11.8 Å². The van der Waals surface area contributed by atoms with Gasteiger partial charge >= 0.3 is 5.97 Å². The smallest absolute Gasteiger partial charge is 0.339 e. The zero-order chi connectivity index (χ0) is 16.7. The van der Waals surface area contributed by atoms with E-state index in [1.165, 1.54) is 24.5 Å². The Morgan fingerprint density at radius 2 is 1.87 bits per heavy atom. The average Bonchev–Trinajstić information content (AvgIpc) is 2.55. The number of hydrogen-bond acceptors (Lipinski definition) is 5. The molecule has 0 atom stereocenters. The number of phenols is 1. The molecule has 2 aromatic rings. The summed E-state index contributed by atoms with van der Waals surface area (Å²) in [7, 11) is 0. The number of benzene rings is 2. The van der Waals surface area contributed by atoms with Gasteiger partial charge in [0, 0.05) is 11.6 Å². The highest BCUT2D eigenvalue weighted by Crippen LogP contribution is 2.26. The second kappa shape index (κ2) is 7.79. The molecule has 0 aromatic heterocycles. The van der Waals surface area contributed by atoms with Crippen molar-refractivity contribution in [2.45, 2.75) is 6.92 Å². The molecular weight excluding hydrogens is 296 g/mol. The summed E-state index contributed by atoms with van der Waals surface area (Å²) >= 11 is 0. The van der Waals surface area contributed by atoms with Gasteiger partial charge in [-0.3, -0.25) is 4.79 Å². The van der Waals surface area contributed by atoms with Gasteiger partial charge in [0.15, 0.2) is 5.78 Å². The Labute approximate surface area is 133 Å². The van der Waals surface area contributed by atoms with E-state index in [9.17, 15) is 14.7 Å². The summed E-state index contributed by atoms with van der Waals surface area (Å²) in [5.74, 6) is -1.06. The van der Waals surface area contributed by atoms with Crippen LogP contribution in [0.1, 0.15) is 22.8 Å². The maximum atomic E-state index is 12.3. The average molecular weight is 312 g/mol. The predicted molar refractivity (Wildman–Crippen MR) is 84.4 cm³/mol. The van der Waals surface area contributed by atoms with Gasteiger partial charge in [-0.25, -0.2) is 4.79 Å². The van der Waals surface area contributed by atoms with Gasteiger partial charge in [0.25, 0.3) is 0 Å². The minimum atomic E-state index is -0.639. The van der Waals surface area contributed by atoms with Crippen LogP contribution >= 0.6 is 0 Å². The van der Waals surface area contributed by atoms with Crippen LogP contribution in [-0.2, 0) is 9.53 Å². The van der Waals surface area contributed by atoms with Gasteiger partial charge in [-0.05, 0) is 19.1 Å². The first-order valence-corrected chi connectivity index (χ1v) is 7.04. The highest BCUT2D eigenvalue weighted by Gasteiger charge is 2.14. The molecule has 0 aliphatic rings. The summed E-state index contributed by atoms with van der Waals surface area (Å²) in [6.45, 7) is 2.23. The lowest BCUT2D eigenvalue weighted by atomic mass is 10.0. The summed E-state index contributed by atoms with van der Waals surface area (Å²) in [5, 5.41) is 10.00. The zero-order valence-electron chi connectivity index (χ0n) is 12.6. The number of rotatable bonds is 6. The van der Waals surface area contributed by atoms with E-state index in [1.807, 2.05) is 0 Å². The summed E-state index contributed by atoms with van der Waals surface area (Å²) in [6, 6.07) is 12.7. The third kappa shape index (κ3) is 4.44. The van der Waals surface area contributed by atoms with Crippen LogP contribution < -0.4 is 4.74 Å². The third-order valence-electron chi connectivity index (χ3n) is 2.94. The number of esters is 1. The van der Waals surface area contributed by atoms with E-state index in [-0.39, 0.29) is 22.8 Å². The standard InChI is InChI=1S/C18H16O5/c1-2-22-11-10-17(20)23-14-8-9-15(16(19)12-14)18(21)13-6-4-3-5-7-13/h3-12,19H,2H2,1H3. The van der Waals surface area contributed by atoms with E-state index >= 15 is 0 Å². The Balaban J connectivity index is 2.12. The lowest BCUT2D eigenvalue weighted by Crippen LogP contribution is -2.05. The topological polar surface area (TPSA) is 72.8 Å². The van der Waals surface area contributed by atoms with Gasteiger partial charge in [0.05, 0.1) is 24.5 Å². The van der Waals surface area contributed by atoms with Gasteiger partial charge in [-0.15, -0.1) is 0 Å². The Bertz CT molecular complexity index is 719. The molecule has 0 saturated heterocycles. The molecule has 0 bridgehead atoms. The molecule has 5 nitrogen and oxygen atoms in total. The lowest BCUT2D eigenvalue weighted by molar-refractivity contribution is -0.129. The number of carbonyl (C=O) groups excluding carboxylic acids is 2. The van der Waals surface area contributed by atoms with Crippen LogP contribution in [-0.4, -0.2) is 23.5 Å². The first-order chi connectivity index (χ1) is 11.1. The zero-order valence-corrected chi connectivity index (χ0v) is 12.6. The molecule has 0 aliphatic heterocycles. The van der Waals surface area contributed by atoms with Crippen molar-refractivity contribution in [2.75, 3.05) is 6.61 Å². The summed E-state index contributed by atoms with van der Waals surface area (Å²) < 4.78 is 9.89. The van der Waals surface area contributed by atoms with Crippen LogP contribution in [0.25, 0.3) is 0 Å². The highest BCUT2D eigenvalue weighted by atomic mass is 16.5. The SMILES string of the molecule is CCOC=CC(=O)Oc1ccc(C(=O)c2ccccc2)c(O)c1.